The normalized spacial score (nSPS) is 21.5. The summed E-state index contributed by atoms with van der Waals surface area (Å²) in [5, 5.41) is 9.93. The van der Waals surface area contributed by atoms with Crippen molar-refractivity contribution in [2.75, 3.05) is 10.7 Å². The SMILES string of the molecule is CC(C)(C)OC(=O)N[C@H]1CS(=O)c2cc(F)c(-c3nnc(C4CCCCC4(F)F)o3)cc2N(Cc2ccc(OC(F)(F)F)cc2)C1=O. The van der Waals surface area contributed by atoms with Crippen molar-refractivity contribution in [3.63, 3.8) is 0 Å². The molecule has 17 heteroatoms. The zero-order valence-electron chi connectivity index (χ0n) is 25.3. The molecule has 0 spiro atoms. The largest absolute Gasteiger partial charge is 0.573 e. The summed E-state index contributed by atoms with van der Waals surface area (Å²) in [5.41, 5.74) is -1.13. The Balaban J connectivity index is 1.54. The minimum absolute atomic E-state index is 0.0847. The highest BCUT2D eigenvalue weighted by Gasteiger charge is 2.46. The standard InChI is InChI=1S/C30H30F6N4O6S/c1-28(2,3)46-27(42)37-21-15-47(43)23-13-20(31)18(24-38-39-25(44-24)19-6-4-5-11-29(19,32)33)12-22(23)40(26(21)41)14-16-7-9-17(10-8-16)45-30(34,35)36/h7-10,12-13,19,21H,4-6,11,14-15H2,1-3H3,(H,37,42)/t19?,21-,47?/m0/s1. The number of carbonyl (C=O) groups excluding carboxylic acids is 2. The van der Waals surface area contributed by atoms with Crippen molar-refractivity contribution in [3.05, 3.63) is 53.7 Å². The van der Waals surface area contributed by atoms with E-state index in [4.69, 9.17) is 9.15 Å². The van der Waals surface area contributed by atoms with Gasteiger partial charge in [-0.2, -0.15) is 0 Å². The predicted octanol–water partition coefficient (Wildman–Crippen LogP) is 6.61. The highest BCUT2D eigenvalue weighted by atomic mass is 32.2. The lowest BCUT2D eigenvalue weighted by molar-refractivity contribution is -0.274. The molecule has 10 nitrogen and oxygen atoms in total. The van der Waals surface area contributed by atoms with Crippen molar-refractivity contribution in [2.24, 2.45) is 0 Å². The molecule has 2 amide bonds. The van der Waals surface area contributed by atoms with Crippen LogP contribution in [0.2, 0.25) is 0 Å². The molecule has 3 aromatic rings. The maximum absolute atomic E-state index is 15.6. The number of ether oxygens (including phenoxy) is 2. The van der Waals surface area contributed by atoms with Crippen LogP contribution in [0.3, 0.4) is 0 Å². The van der Waals surface area contributed by atoms with E-state index >= 15 is 4.39 Å². The smallest absolute Gasteiger partial charge is 0.444 e. The lowest BCUT2D eigenvalue weighted by atomic mass is 9.85. The molecule has 1 aliphatic heterocycles. The van der Waals surface area contributed by atoms with E-state index in [1.54, 1.807) is 20.8 Å². The van der Waals surface area contributed by atoms with E-state index in [2.05, 4.69) is 20.3 Å². The number of hydrogen-bond donors (Lipinski definition) is 1. The van der Waals surface area contributed by atoms with Crippen LogP contribution in [0.4, 0.5) is 36.8 Å². The van der Waals surface area contributed by atoms with E-state index in [0.717, 1.165) is 29.2 Å². The van der Waals surface area contributed by atoms with Crippen molar-refractivity contribution in [2.45, 2.75) is 87.7 Å². The van der Waals surface area contributed by atoms with Crippen LogP contribution in [0.5, 0.6) is 5.75 Å². The van der Waals surface area contributed by atoms with Gasteiger partial charge in [-0.1, -0.05) is 18.6 Å². The molecule has 1 N–H and O–H groups in total. The first kappa shape index (κ1) is 34.2. The molecule has 0 bridgehead atoms. The number of benzene rings is 2. The quantitative estimate of drug-likeness (QED) is 0.287. The highest BCUT2D eigenvalue weighted by Crippen LogP contribution is 2.45. The topological polar surface area (TPSA) is 124 Å². The van der Waals surface area contributed by atoms with Crippen molar-refractivity contribution >= 4 is 28.5 Å². The average molecular weight is 689 g/mol. The van der Waals surface area contributed by atoms with Crippen LogP contribution < -0.4 is 15.0 Å². The molecule has 1 aliphatic carbocycles. The number of carbonyl (C=O) groups is 2. The van der Waals surface area contributed by atoms with Gasteiger partial charge in [0.15, 0.2) is 0 Å². The molecule has 47 heavy (non-hydrogen) atoms. The molecular formula is C30H30F6N4O6S. The molecule has 3 atom stereocenters. The third-order valence-electron chi connectivity index (χ3n) is 7.39. The van der Waals surface area contributed by atoms with E-state index in [-0.39, 0.29) is 47.0 Å². The molecule has 1 fully saturated rings. The van der Waals surface area contributed by atoms with E-state index in [0.29, 0.717) is 12.8 Å². The van der Waals surface area contributed by atoms with Gasteiger partial charge in [-0.05, 0) is 63.4 Å². The first-order valence-electron chi connectivity index (χ1n) is 14.5. The highest BCUT2D eigenvalue weighted by molar-refractivity contribution is 7.85. The Bertz CT molecular complexity index is 1670. The van der Waals surface area contributed by atoms with Crippen molar-refractivity contribution < 1.29 is 54.0 Å². The van der Waals surface area contributed by atoms with Crippen LogP contribution in [-0.2, 0) is 26.9 Å². The van der Waals surface area contributed by atoms with Gasteiger partial charge in [-0.25, -0.2) is 18.0 Å². The first-order chi connectivity index (χ1) is 21.9. The van der Waals surface area contributed by atoms with E-state index in [1.165, 1.54) is 12.1 Å². The second-order valence-electron chi connectivity index (χ2n) is 12.1. The van der Waals surface area contributed by atoms with Crippen molar-refractivity contribution in [1.82, 2.24) is 15.5 Å². The number of nitrogens with zero attached hydrogens (tertiary/aromatic N) is 3. The minimum Gasteiger partial charge on any atom is -0.444 e. The number of fused-ring (bicyclic) bond motifs is 1. The lowest BCUT2D eigenvalue weighted by Crippen LogP contribution is -2.51. The Morgan fingerprint density at radius 2 is 1.83 bits per heavy atom. The average Bonchev–Trinajstić information content (AvgIpc) is 3.40. The Hall–Kier alpha value is -4.15. The summed E-state index contributed by atoms with van der Waals surface area (Å²) >= 11 is 0. The summed E-state index contributed by atoms with van der Waals surface area (Å²) in [4.78, 5) is 27.5. The monoisotopic (exact) mass is 688 g/mol. The third kappa shape index (κ3) is 8.05. The van der Waals surface area contributed by atoms with E-state index in [1.807, 2.05) is 0 Å². The molecule has 2 unspecified atom stereocenters. The fourth-order valence-electron chi connectivity index (χ4n) is 5.30. The molecule has 1 saturated carbocycles. The molecule has 0 radical (unpaired) electrons. The van der Waals surface area contributed by atoms with E-state index < -0.39 is 75.9 Å². The van der Waals surface area contributed by atoms with Gasteiger partial charge in [-0.3, -0.25) is 9.00 Å². The van der Waals surface area contributed by atoms with Gasteiger partial charge in [0.1, 0.15) is 29.1 Å². The summed E-state index contributed by atoms with van der Waals surface area (Å²) in [6, 6.07) is 5.12. The number of alkyl carbamates (subject to hydrolysis) is 1. The summed E-state index contributed by atoms with van der Waals surface area (Å²) in [6.45, 7) is 4.44. The first-order valence-corrected chi connectivity index (χ1v) is 15.8. The maximum Gasteiger partial charge on any atom is 0.573 e. The van der Waals surface area contributed by atoms with Crippen LogP contribution in [0, 0.1) is 5.82 Å². The second-order valence-corrected chi connectivity index (χ2v) is 13.6. The van der Waals surface area contributed by atoms with Crippen LogP contribution in [0.1, 0.15) is 63.8 Å². The lowest BCUT2D eigenvalue weighted by Gasteiger charge is -2.28. The van der Waals surface area contributed by atoms with Gasteiger partial charge in [0.05, 0.1) is 39.2 Å². The molecule has 0 saturated heterocycles. The Morgan fingerprint density at radius 3 is 2.47 bits per heavy atom. The fraction of sp³-hybridized carbons (Fsp3) is 0.467. The van der Waals surface area contributed by atoms with Gasteiger partial charge >= 0.3 is 12.5 Å². The zero-order chi connectivity index (χ0) is 34.3. The molecule has 2 heterocycles. The van der Waals surface area contributed by atoms with Gasteiger partial charge in [0.2, 0.25) is 5.89 Å². The second kappa shape index (κ2) is 12.8. The number of anilines is 1. The van der Waals surface area contributed by atoms with Gasteiger partial charge < -0.3 is 24.1 Å². The minimum atomic E-state index is -4.94. The number of amides is 2. The Labute approximate surface area is 267 Å². The van der Waals surface area contributed by atoms with Crippen LogP contribution in [0.15, 0.2) is 45.7 Å². The van der Waals surface area contributed by atoms with E-state index in [9.17, 15) is 35.8 Å². The zero-order valence-corrected chi connectivity index (χ0v) is 26.1. The predicted molar refractivity (Wildman–Crippen MR) is 155 cm³/mol. The van der Waals surface area contributed by atoms with Crippen LogP contribution in [0.25, 0.3) is 11.5 Å². The molecule has 1 aromatic heterocycles. The molecule has 254 valence electrons. The van der Waals surface area contributed by atoms with Gasteiger partial charge in [-0.15, -0.1) is 23.4 Å². The Kier molecular flexibility index (Phi) is 9.32. The van der Waals surface area contributed by atoms with Crippen molar-refractivity contribution in [1.29, 1.82) is 0 Å². The number of rotatable bonds is 6. The fourth-order valence-corrected chi connectivity index (χ4v) is 6.64. The molecule has 2 aromatic carbocycles. The number of hydrogen-bond acceptors (Lipinski definition) is 8. The molecule has 2 aliphatic rings. The number of halogens is 6. The number of nitrogens with one attached hydrogen (secondary N) is 1. The summed E-state index contributed by atoms with van der Waals surface area (Å²) in [5.74, 6) is -8.09. The number of alkyl halides is 5. The summed E-state index contributed by atoms with van der Waals surface area (Å²) in [7, 11) is -2.08. The van der Waals surface area contributed by atoms with Gasteiger partial charge in [0, 0.05) is 6.42 Å². The Morgan fingerprint density at radius 1 is 1.13 bits per heavy atom. The summed E-state index contributed by atoms with van der Waals surface area (Å²) < 4.78 is 111. The van der Waals surface area contributed by atoms with Crippen LogP contribution >= 0.6 is 0 Å². The number of aromatic nitrogens is 2. The molecular weight excluding hydrogens is 658 g/mol. The third-order valence-corrected chi connectivity index (χ3v) is 8.84. The summed E-state index contributed by atoms with van der Waals surface area (Å²) in [6.07, 6.45) is -5.37. The maximum atomic E-state index is 15.6. The van der Waals surface area contributed by atoms with Gasteiger partial charge in [0.25, 0.3) is 17.7 Å². The van der Waals surface area contributed by atoms with Crippen molar-refractivity contribution in [3.8, 4) is 17.2 Å². The van der Waals surface area contributed by atoms with Crippen LogP contribution in [-0.4, -0.2) is 56.1 Å². The molecule has 5 rings (SSSR count).